The molecular weight excluding hydrogens is 356 g/mol. The molecule has 1 aliphatic rings. The van der Waals surface area contributed by atoms with Gasteiger partial charge in [0, 0.05) is 51.0 Å². The molecule has 3 rings (SSSR count). The molecule has 26 heavy (non-hydrogen) atoms. The molecular formula is C18H21ClN4O3. The first-order valence-corrected chi connectivity index (χ1v) is 8.98. The molecule has 0 unspecified atom stereocenters. The third-order valence-electron chi connectivity index (χ3n) is 4.37. The lowest BCUT2D eigenvalue weighted by Gasteiger charge is -2.35. The summed E-state index contributed by atoms with van der Waals surface area (Å²) in [6.45, 7) is 3.93. The summed E-state index contributed by atoms with van der Waals surface area (Å²) in [5.74, 6) is 1.10. The predicted octanol–water partition coefficient (Wildman–Crippen LogP) is 1.88. The highest BCUT2D eigenvalue weighted by molar-refractivity contribution is 6.30. The number of aryl methyl sites for hydroxylation is 2. The first kappa shape index (κ1) is 18.4. The lowest BCUT2D eigenvalue weighted by Crippen LogP contribution is -2.51. The Morgan fingerprint density at radius 3 is 2.23 bits per heavy atom. The molecule has 0 spiro atoms. The molecule has 2 amide bonds. The van der Waals surface area contributed by atoms with Crippen LogP contribution in [0, 0.1) is 6.92 Å². The van der Waals surface area contributed by atoms with Crippen LogP contribution >= 0.6 is 11.6 Å². The highest BCUT2D eigenvalue weighted by Gasteiger charge is 2.24. The van der Waals surface area contributed by atoms with E-state index in [1.807, 2.05) is 12.1 Å². The summed E-state index contributed by atoms with van der Waals surface area (Å²) in [6.07, 6.45) is 1.12. The molecule has 0 aliphatic carbocycles. The average Bonchev–Trinajstić information content (AvgIpc) is 3.07. The topological polar surface area (TPSA) is 79.5 Å². The van der Waals surface area contributed by atoms with Crippen molar-refractivity contribution in [3.63, 3.8) is 0 Å². The molecule has 1 fully saturated rings. The molecule has 1 saturated heterocycles. The summed E-state index contributed by atoms with van der Waals surface area (Å²) in [6, 6.07) is 7.29. The average molecular weight is 377 g/mol. The van der Waals surface area contributed by atoms with Gasteiger partial charge in [0.1, 0.15) is 0 Å². The van der Waals surface area contributed by atoms with Gasteiger partial charge >= 0.3 is 0 Å². The number of halogens is 1. The quantitative estimate of drug-likeness (QED) is 0.796. The van der Waals surface area contributed by atoms with Gasteiger partial charge in [-0.25, -0.2) is 0 Å². The molecule has 2 aromatic rings. The van der Waals surface area contributed by atoms with Crippen LogP contribution < -0.4 is 0 Å². The monoisotopic (exact) mass is 376 g/mol. The second kappa shape index (κ2) is 8.31. The fourth-order valence-corrected chi connectivity index (χ4v) is 3.03. The van der Waals surface area contributed by atoms with Crippen LogP contribution in [0.4, 0.5) is 0 Å². The van der Waals surface area contributed by atoms with Crippen LogP contribution in [0.1, 0.15) is 23.8 Å². The van der Waals surface area contributed by atoms with Gasteiger partial charge in [0.25, 0.3) is 0 Å². The van der Waals surface area contributed by atoms with Crippen molar-refractivity contribution in [2.75, 3.05) is 26.2 Å². The molecule has 8 heteroatoms. The van der Waals surface area contributed by atoms with Crippen molar-refractivity contribution in [1.82, 2.24) is 20.0 Å². The summed E-state index contributed by atoms with van der Waals surface area (Å²) in [7, 11) is 0. The van der Waals surface area contributed by atoms with Gasteiger partial charge in [0.05, 0.1) is 6.42 Å². The fraction of sp³-hybridized carbons (Fsp3) is 0.444. The molecule has 0 N–H and O–H groups in total. The molecule has 0 saturated carbocycles. The number of nitrogens with zero attached hydrogens (tertiary/aromatic N) is 4. The van der Waals surface area contributed by atoms with E-state index in [1.54, 1.807) is 28.9 Å². The number of benzene rings is 1. The van der Waals surface area contributed by atoms with Gasteiger partial charge in [-0.15, -0.1) is 10.2 Å². The summed E-state index contributed by atoms with van der Waals surface area (Å²) in [4.78, 5) is 28.3. The molecule has 2 heterocycles. The third-order valence-corrected chi connectivity index (χ3v) is 4.63. The van der Waals surface area contributed by atoms with Crippen LogP contribution in [0.15, 0.2) is 28.7 Å². The van der Waals surface area contributed by atoms with Gasteiger partial charge in [-0.3, -0.25) is 9.59 Å². The number of amides is 2. The summed E-state index contributed by atoms with van der Waals surface area (Å²) in [5.41, 5.74) is 0.938. The van der Waals surface area contributed by atoms with Gasteiger partial charge in [-0.1, -0.05) is 23.7 Å². The van der Waals surface area contributed by atoms with E-state index < -0.39 is 0 Å². The molecule has 1 aromatic heterocycles. The van der Waals surface area contributed by atoms with E-state index >= 15 is 0 Å². The van der Waals surface area contributed by atoms with E-state index in [4.69, 9.17) is 16.0 Å². The number of piperazine rings is 1. The zero-order chi connectivity index (χ0) is 18.5. The third kappa shape index (κ3) is 4.82. The van der Waals surface area contributed by atoms with Crippen LogP contribution in [0.25, 0.3) is 0 Å². The van der Waals surface area contributed by atoms with Gasteiger partial charge in [0.2, 0.25) is 23.6 Å². The van der Waals surface area contributed by atoms with Crippen molar-refractivity contribution in [3.8, 4) is 0 Å². The Bertz CT molecular complexity index is 767. The maximum atomic E-state index is 12.4. The predicted molar refractivity (Wildman–Crippen MR) is 95.7 cm³/mol. The Morgan fingerprint density at radius 1 is 1.04 bits per heavy atom. The Morgan fingerprint density at radius 2 is 1.65 bits per heavy atom. The van der Waals surface area contributed by atoms with Gasteiger partial charge < -0.3 is 14.2 Å². The Balaban J connectivity index is 1.43. The highest BCUT2D eigenvalue weighted by atomic mass is 35.5. The van der Waals surface area contributed by atoms with Crippen molar-refractivity contribution in [2.24, 2.45) is 0 Å². The number of carbonyl (C=O) groups is 2. The lowest BCUT2D eigenvalue weighted by molar-refractivity contribution is -0.139. The Labute approximate surface area is 156 Å². The second-order valence-corrected chi connectivity index (χ2v) is 6.72. The number of aromatic nitrogens is 2. The number of rotatable bonds is 5. The zero-order valence-electron chi connectivity index (χ0n) is 14.7. The fourth-order valence-electron chi connectivity index (χ4n) is 2.90. The zero-order valence-corrected chi connectivity index (χ0v) is 15.4. The summed E-state index contributed by atoms with van der Waals surface area (Å²) in [5, 5.41) is 8.30. The van der Waals surface area contributed by atoms with Crippen LogP contribution in [0.5, 0.6) is 0 Å². The maximum Gasteiger partial charge on any atom is 0.227 e. The van der Waals surface area contributed by atoms with Crippen LogP contribution in [-0.4, -0.2) is 58.0 Å². The van der Waals surface area contributed by atoms with Gasteiger partial charge in [-0.2, -0.15) is 0 Å². The van der Waals surface area contributed by atoms with E-state index in [1.165, 1.54) is 0 Å². The number of hydrogen-bond donors (Lipinski definition) is 0. The van der Waals surface area contributed by atoms with Gasteiger partial charge in [0.15, 0.2) is 0 Å². The SMILES string of the molecule is Cc1nnc(CCC(=O)N2CCN(C(=O)Cc3ccc(Cl)cc3)CC2)o1. The van der Waals surface area contributed by atoms with Crippen molar-refractivity contribution in [1.29, 1.82) is 0 Å². The van der Waals surface area contributed by atoms with Crippen LogP contribution in [0.3, 0.4) is 0 Å². The highest BCUT2D eigenvalue weighted by Crippen LogP contribution is 2.12. The molecule has 0 atom stereocenters. The summed E-state index contributed by atoms with van der Waals surface area (Å²) < 4.78 is 5.28. The minimum atomic E-state index is 0.0469. The van der Waals surface area contributed by atoms with Crippen molar-refractivity contribution < 1.29 is 14.0 Å². The van der Waals surface area contributed by atoms with Crippen molar-refractivity contribution in [3.05, 3.63) is 46.6 Å². The minimum Gasteiger partial charge on any atom is -0.426 e. The number of hydrogen-bond acceptors (Lipinski definition) is 5. The Kier molecular flexibility index (Phi) is 5.88. The van der Waals surface area contributed by atoms with Crippen molar-refractivity contribution in [2.45, 2.75) is 26.2 Å². The van der Waals surface area contributed by atoms with E-state index in [9.17, 15) is 9.59 Å². The molecule has 7 nitrogen and oxygen atoms in total. The largest absolute Gasteiger partial charge is 0.426 e. The standard InChI is InChI=1S/C18H21ClN4O3/c1-13-20-21-16(26-13)6-7-17(24)22-8-10-23(11-9-22)18(25)12-14-2-4-15(19)5-3-14/h2-5H,6-12H2,1H3. The van der Waals surface area contributed by atoms with E-state index in [0.29, 0.717) is 62.2 Å². The minimum absolute atomic E-state index is 0.0469. The molecule has 0 bridgehead atoms. The first-order valence-electron chi connectivity index (χ1n) is 8.60. The molecule has 1 aliphatic heterocycles. The van der Waals surface area contributed by atoms with Crippen LogP contribution in [-0.2, 0) is 22.4 Å². The van der Waals surface area contributed by atoms with Crippen LogP contribution in [0.2, 0.25) is 5.02 Å². The van der Waals surface area contributed by atoms with E-state index in [2.05, 4.69) is 10.2 Å². The number of carbonyl (C=O) groups excluding carboxylic acids is 2. The summed E-state index contributed by atoms with van der Waals surface area (Å²) >= 11 is 5.86. The van der Waals surface area contributed by atoms with E-state index in [0.717, 1.165) is 5.56 Å². The molecule has 1 aromatic carbocycles. The lowest BCUT2D eigenvalue weighted by atomic mass is 10.1. The molecule has 138 valence electrons. The second-order valence-electron chi connectivity index (χ2n) is 6.28. The van der Waals surface area contributed by atoms with E-state index in [-0.39, 0.29) is 11.8 Å². The maximum absolute atomic E-state index is 12.4. The first-order chi connectivity index (χ1) is 12.5. The smallest absolute Gasteiger partial charge is 0.227 e. The Hall–Kier alpha value is -2.41. The normalized spacial score (nSPS) is 14.5. The van der Waals surface area contributed by atoms with Crippen molar-refractivity contribution >= 4 is 23.4 Å². The van der Waals surface area contributed by atoms with Gasteiger partial charge in [-0.05, 0) is 17.7 Å². The molecule has 0 radical (unpaired) electrons.